The largest absolute Gasteiger partial charge is 0.455 e. The molecule has 0 unspecified atom stereocenters. The third kappa shape index (κ3) is 2.71. The maximum atomic E-state index is 6.42. The number of fused-ring (bicyclic) bond motifs is 5. The molecule has 0 aliphatic carbocycles. The number of pyridine rings is 1. The summed E-state index contributed by atoms with van der Waals surface area (Å²) >= 11 is 1.86. The van der Waals surface area contributed by atoms with Crippen molar-refractivity contribution in [2.24, 2.45) is 0 Å². The minimum absolute atomic E-state index is 0.0712. The third-order valence-corrected chi connectivity index (χ3v) is 7.23. The average Bonchev–Trinajstić information content (AvgIpc) is 3.19. The molecular formula is C26H25NOS. The van der Waals surface area contributed by atoms with Gasteiger partial charge in [-0.2, -0.15) is 0 Å². The van der Waals surface area contributed by atoms with Crippen LogP contribution in [0.5, 0.6) is 0 Å². The maximum Gasteiger partial charge on any atom is 0.144 e. The summed E-state index contributed by atoms with van der Waals surface area (Å²) in [6.45, 7) is 13.3. The number of furan rings is 1. The normalized spacial score (nSPS) is 12.5. The molecular weight excluding hydrogens is 374 g/mol. The first-order valence-electron chi connectivity index (χ1n) is 10.1. The van der Waals surface area contributed by atoms with E-state index in [4.69, 9.17) is 9.40 Å². The Hall–Kier alpha value is -2.65. The molecule has 146 valence electrons. The van der Waals surface area contributed by atoms with Crippen LogP contribution in [0.3, 0.4) is 0 Å². The number of aromatic nitrogens is 1. The van der Waals surface area contributed by atoms with E-state index in [0.717, 1.165) is 22.4 Å². The van der Waals surface area contributed by atoms with Crippen LogP contribution in [0.1, 0.15) is 42.3 Å². The molecule has 3 aromatic heterocycles. The topological polar surface area (TPSA) is 26.0 Å². The van der Waals surface area contributed by atoms with Crippen molar-refractivity contribution in [3.05, 3.63) is 64.2 Å². The van der Waals surface area contributed by atoms with Gasteiger partial charge in [-0.3, -0.25) is 4.98 Å². The summed E-state index contributed by atoms with van der Waals surface area (Å²) in [6, 6.07) is 13.0. The van der Waals surface area contributed by atoms with E-state index in [1.54, 1.807) is 0 Å². The summed E-state index contributed by atoms with van der Waals surface area (Å²) in [6.07, 6.45) is 1.99. The SMILES string of the molecule is Cc1cnc(-c2cccc3c2oc2ccc4c(C)c(C)sc4c23)cc1C(C)(C)C. The van der Waals surface area contributed by atoms with E-state index >= 15 is 0 Å². The molecule has 2 aromatic carbocycles. The first-order valence-corrected chi connectivity index (χ1v) is 10.9. The minimum atomic E-state index is 0.0712. The Morgan fingerprint density at radius 1 is 0.966 bits per heavy atom. The Labute approximate surface area is 175 Å². The first kappa shape index (κ1) is 18.4. The van der Waals surface area contributed by atoms with Crippen LogP contribution in [-0.4, -0.2) is 4.98 Å². The molecule has 0 spiro atoms. The average molecular weight is 400 g/mol. The fourth-order valence-electron chi connectivity index (χ4n) is 4.36. The van der Waals surface area contributed by atoms with Crippen LogP contribution in [0.4, 0.5) is 0 Å². The zero-order valence-electron chi connectivity index (χ0n) is 17.8. The Kier molecular flexibility index (Phi) is 3.91. The summed E-state index contributed by atoms with van der Waals surface area (Å²) < 4.78 is 7.74. The van der Waals surface area contributed by atoms with Crippen LogP contribution >= 0.6 is 11.3 Å². The highest BCUT2D eigenvalue weighted by Gasteiger charge is 2.20. The Bertz CT molecular complexity index is 1410. The number of benzene rings is 2. The standard InChI is InChI=1S/C26H25NOS/c1-14-13-27-21(12-20(14)26(4,5)6)18-8-7-9-19-23-22(28-24(18)19)11-10-17-15(2)16(3)29-25(17)23/h7-13H,1-6H3. The van der Waals surface area contributed by atoms with Gasteiger partial charge in [0.25, 0.3) is 0 Å². The van der Waals surface area contributed by atoms with Gasteiger partial charge in [-0.1, -0.05) is 32.9 Å². The lowest BCUT2D eigenvalue weighted by Gasteiger charge is -2.22. The van der Waals surface area contributed by atoms with Crippen molar-refractivity contribution in [1.82, 2.24) is 4.98 Å². The molecule has 0 saturated carbocycles. The van der Waals surface area contributed by atoms with Gasteiger partial charge in [-0.15, -0.1) is 11.3 Å². The van der Waals surface area contributed by atoms with Crippen LogP contribution < -0.4 is 0 Å². The van der Waals surface area contributed by atoms with Gasteiger partial charge in [0.2, 0.25) is 0 Å². The summed E-state index contributed by atoms with van der Waals surface area (Å²) in [5.41, 5.74) is 7.89. The van der Waals surface area contributed by atoms with E-state index < -0.39 is 0 Å². The highest BCUT2D eigenvalue weighted by molar-refractivity contribution is 7.20. The van der Waals surface area contributed by atoms with E-state index in [1.807, 2.05) is 17.5 Å². The van der Waals surface area contributed by atoms with E-state index in [2.05, 4.69) is 77.9 Å². The highest BCUT2D eigenvalue weighted by atomic mass is 32.1. The number of para-hydroxylation sites is 1. The van der Waals surface area contributed by atoms with Crippen molar-refractivity contribution in [2.75, 3.05) is 0 Å². The van der Waals surface area contributed by atoms with Gasteiger partial charge in [0.1, 0.15) is 11.2 Å². The zero-order valence-corrected chi connectivity index (χ0v) is 18.6. The monoisotopic (exact) mass is 399 g/mol. The fourth-order valence-corrected chi connectivity index (χ4v) is 5.57. The van der Waals surface area contributed by atoms with Gasteiger partial charge >= 0.3 is 0 Å². The molecule has 0 radical (unpaired) electrons. The first-order chi connectivity index (χ1) is 13.8. The molecule has 5 aromatic rings. The second-order valence-corrected chi connectivity index (χ2v) is 10.2. The van der Waals surface area contributed by atoms with Crippen molar-refractivity contribution in [3.63, 3.8) is 0 Å². The van der Waals surface area contributed by atoms with E-state index in [-0.39, 0.29) is 5.41 Å². The van der Waals surface area contributed by atoms with Crippen molar-refractivity contribution < 1.29 is 4.42 Å². The van der Waals surface area contributed by atoms with Gasteiger partial charge in [-0.05, 0) is 72.5 Å². The molecule has 0 atom stereocenters. The van der Waals surface area contributed by atoms with Gasteiger partial charge in [0.15, 0.2) is 0 Å². The Balaban J connectivity index is 1.84. The van der Waals surface area contributed by atoms with Gasteiger partial charge in [0, 0.05) is 32.1 Å². The van der Waals surface area contributed by atoms with Crippen molar-refractivity contribution >= 4 is 43.4 Å². The summed E-state index contributed by atoms with van der Waals surface area (Å²) in [4.78, 5) is 6.13. The van der Waals surface area contributed by atoms with E-state index in [1.165, 1.54) is 42.4 Å². The lowest BCUT2D eigenvalue weighted by atomic mass is 9.84. The fraction of sp³-hybridized carbons (Fsp3) is 0.269. The van der Waals surface area contributed by atoms with Crippen LogP contribution in [0.15, 0.2) is 47.0 Å². The molecule has 2 nitrogen and oxygen atoms in total. The Morgan fingerprint density at radius 3 is 2.52 bits per heavy atom. The quantitative estimate of drug-likeness (QED) is 0.285. The Morgan fingerprint density at radius 2 is 1.76 bits per heavy atom. The van der Waals surface area contributed by atoms with Gasteiger partial charge in [0.05, 0.1) is 5.69 Å². The molecule has 0 fully saturated rings. The van der Waals surface area contributed by atoms with Crippen molar-refractivity contribution in [1.29, 1.82) is 0 Å². The number of rotatable bonds is 1. The number of hydrogen-bond acceptors (Lipinski definition) is 3. The maximum absolute atomic E-state index is 6.42. The van der Waals surface area contributed by atoms with Gasteiger partial charge in [-0.25, -0.2) is 0 Å². The number of hydrogen-bond donors (Lipinski definition) is 0. The molecule has 0 aliphatic heterocycles. The minimum Gasteiger partial charge on any atom is -0.455 e. The molecule has 0 aliphatic rings. The smallest absolute Gasteiger partial charge is 0.144 e. The lowest BCUT2D eigenvalue weighted by Crippen LogP contribution is -2.13. The second kappa shape index (κ2) is 6.17. The van der Waals surface area contributed by atoms with Crippen LogP contribution in [0.2, 0.25) is 0 Å². The van der Waals surface area contributed by atoms with Crippen molar-refractivity contribution in [3.8, 4) is 11.3 Å². The predicted octanol–water partition coefficient (Wildman–Crippen LogP) is 8.09. The summed E-state index contributed by atoms with van der Waals surface area (Å²) in [5, 5.41) is 3.73. The molecule has 0 amide bonds. The van der Waals surface area contributed by atoms with E-state index in [9.17, 15) is 0 Å². The van der Waals surface area contributed by atoms with Crippen LogP contribution in [-0.2, 0) is 5.41 Å². The third-order valence-electron chi connectivity index (χ3n) is 5.99. The zero-order chi connectivity index (χ0) is 20.5. The number of nitrogens with zero attached hydrogens (tertiary/aromatic N) is 1. The molecule has 29 heavy (non-hydrogen) atoms. The molecule has 5 rings (SSSR count). The lowest BCUT2D eigenvalue weighted by molar-refractivity contribution is 0.585. The molecule has 0 bridgehead atoms. The predicted molar refractivity (Wildman–Crippen MR) is 125 cm³/mol. The molecule has 3 heteroatoms. The number of aryl methyl sites for hydroxylation is 3. The molecule has 0 N–H and O–H groups in total. The van der Waals surface area contributed by atoms with Gasteiger partial charge < -0.3 is 4.42 Å². The molecule has 0 saturated heterocycles. The highest BCUT2D eigenvalue weighted by Crippen LogP contribution is 2.43. The van der Waals surface area contributed by atoms with Crippen LogP contribution in [0, 0.1) is 20.8 Å². The van der Waals surface area contributed by atoms with Crippen LogP contribution in [0.25, 0.3) is 43.3 Å². The number of thiophene rings is 1. The summed E-state index contributed by atoms with van der Waals surface area (Å²) in [5.74, 6) is 0. The molecule has 3 heterocycles. The van der Waals surface area contributed by atoms with Crippen molar-refractivity contribution in [2.45, 2.75) is 47.0 Å². The second-order valence-electron chi connectivity index (χ2n) is 9.02. The van der Waals surface area contributed by atoms with E-state index in [0.29, 0.717) is 0 Å². The summed E-state index contributed by atoms with van der Waals surface area (Å²) in [7, 11) is 0.